The number of fused-ring (bicyclic) bond motifs is 3. The summed E-state index contributed by atoms with van der Waals surface area (Å²) in [6.45, 7) is 4.31. The largest absolute Gasteiger partial charge is 0.294 e. The van der Waals surface area contributed by atoms with E-state index in [2.05, 4.69) is 24.9 Å². The van der Waals surface area contributed by atoms with Gasteiger partial charge in [0, 0.05) is 23.6 Å². The third-order valence-electron chi connectivity index (χ3n) is 3.48. The lowest BCUT2D eigenvalue weighted by Crippen LogP contribution is -2.27. The summed E-state index contributed by atoms with van der Waals surface area (Å²) in [6, 6.07) is 8.06. The monoisotopic (exact) mass is 225 g/mol. The van der Waals surface area contributed by atoms with Crippen molar-refractivity contribution < 1.29 is 4.79 Å². The summed E-state index contributed by atoms with van der Waals surface area (Å²) in [6.07, 6.45) is 3.33. The molecule has 3 rings (SSSR count). The molecule has 86 valence electrons. The Morgan fingerprint density at radius 3 is 2.76 bits per heavy atom. The number of aromatic nitrogens is 1. The molecule has 1 heterocycles. The van der Waals surface area contributed by atoms with E-state index in [4.69, 9.17) is 0 Å². The van der Waals surface area contributed by atoms with Gasteiger partial charge in [-0.1, -0.05) is 32.0 Å². The quantitative estimate of drug-likeness (QED) is 0.688. The molecule has 2 nitrogen and oxygen atoms in total. The molecule has 1 aromatic carbocycles. The standard InChI is InChI=1S/C15H15NO/c1-15(2)7-11-10-5-3-4-6-13(10)16-9-12(11)14(17)8-15/h3-6,9H,7-8H2,1-2H3. The number of nitrogens with zero attached hydrogens (tertiary/aromatic N) is 1. The summed E-state index contributed by atoms with van der Waals surface area (Å²) in [4.78, 5) is 16.5. The SMILES string of the molecule is CC1(C)CC(=O)c2cnc3ccccc3c2C1. The zero-order chi connectivity index (χ0) is 12.0. The molecule has 2 heteroatoms. The molecular weight excluding hydrogens is 210 g/mol. The van der Waals surface area contributed by atoms with Crippen molar-refractivity contribution in [2.45, 2.75) is 26.7 Å². The molecule has 0 unspecified atom stereocenters. The number of rotatable bonds is 0. The minimum Gasteiger partial charge on any atom is -0.294 e. The Morgan fingerprint density at radius 2 is 1.94 bits per heavy atom. The normalized spacial score (nSPS) is 18.1. The lowest BCUT2D eigenvalue weighted by atomic mass is 9.73. The van der Waals surface area contributed by atoms with E-state index in [-0.39, 0.29) is 11.2 Å². The van der Waals surface area contributed by atoms with Crippen LogP contribution in [0, 0.1) is 5.41 Å². The molecule has 0 saturated carbocycles. The second kappa shape index (κ2) is 3.39. The maximum atomic E-state index is 12.1. The topological polar surface area (TPSA) is 30.0 Å². The van der Waals surface area contributed by atoms with Crippen molar-refractivity contribution in [2.75, 3.05) is 0 Å². The molecule has 17 heavy (non-hydrogen) atoms. The van der Waals surface area contributed by atoms with Crippen LogP contribution in [-0.2, 0) is 6.42 Å². The molecule has 1 aliphatic rings. The second-order valence-electron chi connectivity index (χ2n) is 5.61. The Kier molecular flexibility index (Phi) is 2.09. The third kappa shape index (κ3) is 1.64. The predicted molar refractivity (Wildman–Crippen MR) is 68.2 cm³/mol. The van der Waals surface area contributed by atoms with Crippen molar-refractivity contribution in [2.24, 2.45) is 5.41 Å². The molecule has 0 amide bonds. The van der Waals surface area contributed by atoms with E-state index >= 15 is 0 Å². The Morgan fingerprint density at radius 1 is 1.18 bits per heavy atom. The van der Waals surface area contributed by atoms with Gasteiger partial charge in [0.15, 0.2) is 5.78 Å². The minimum absolute atomic E-state index is 0.0637. The first kappa shape index (κ1) is 10.5. The van der Waals surface area contributed by atoms with E-state index in [9.17, 15) is 4.79 Å². The molecule has 0 fully saturated rings. The van der Waals surface area contributed by atoms with Gasteiger partial charge in [0.1, 0.15) is 0 Å². The summed E-state index contributed by atoms with van der Waals surface area (Å²) in [5.74, 6) is 0.231. The molecule has 1 aliphatic carbocycles. The fourth-order valence-corrected chi connectivity index (χ4v) is 2.70. The highest BCUT2D eigenvalue weighted by Crippen LogP contribution is 2.37. The molecule has 1 aromatic heterocycles. The van der Waals surface area contributed by atoms with Crippen LogP contribution in [0.2, 0.25) is 0 Å². The smallest absolute Gasteiger partial charge is 0.165 e. The van der Waals surface area contributed by atoms with Crippen LogP contribution in [0.1, 0.15) is 36.2 Å². The number of pyridine rings is 1. The number of Topliss-reactive ketones (excluding diaryl/α,β-unsaturated/α-hetero) is 1. The van der Waals surface area contributed by atoms with Crippen LogP contribution in [0.4, 0.5) is 0 Å². The van der Waals surface area contributed by atoms with E-state index in [1.54, 1.807) is 6.20 Å². The molecule has 0 radical (unpaired) electrons. The van der Waals surface area contributed by atoms with Crippen LogP contribution < -0.4 is 0 Å². The summed E-state index contributed by atoms with van der Waals surface area (Å²) in [7, 11) is 0. The molecule has 0 aliphatic heterocycles. The van der Waals surface area contributed by atoms with Gasteiger partial charge in [-0.2, -0.15) is 0 Å². The van der Waals surface area contributed by atoms with E-state index < -0.39 is 0 Å². The van der Waals surface area contributed by atoms with Crippen molar-refractivity contribution in [1.82, 2.24) is 4.98 Å². The van der Waals surface area contributed by atoms with Crippen LogP contribution in [0.25, 0.3) is 10.9 Å². The van der Waals surface area contributed by atoms with Gasteiger partial charge in [0.25, 0.3) is 0 Å². The van der Waals surface area contributed by atoms with E-state index in [0.717, 1.165) is 22.9 Å². The van der Waals surface area contributed by atoms with Crippen molar-refractivity contribution in [3.8, 4) is 0 Å². The highest BCUT2D eigenvalue weighted by Gasteiger charge is 2.32. The number of ketones is 1. The van der Waals surface area contributed by atoms with Crippen LogP contribution in [0.5, 0.6) is 0 Å². The number of hydrogen-bond acceptors (Lipinski definition) is 2. The lowest BCUT2D eigenvalue weighted by molar-refractivity contribution is 0.0912. The fraction of sp³-hybridized carbons (Fsp3) is 0.333. The van der Waals surface area contributed by atoms with E-state index in [0.29, 0.717) is 6.42 Å². The van der Waals surface area contributed by atoms with Crippen LogP contribution in [0.15, 0.2) is 30.5 Å². The first-order chi connectivity index (χ1) is 8.07. The minimum atomic E-state index is 0.0637. The van der Waals surface area contributed by atoms with Gasteiger partial charge in [-0.25, -0.2) is 0 Å². The zero-order valence-electron chi connectivity index (χ0n) is 10.2. The van der Waals surface area contributed by atoms with Crippen molar-refractivity contribution >= 4 is 16.7 Å². The molecule has 0 spiro atoms. The number of para-hydroxylation sites is 1. The second-order valence-corrected chi connectivity index (χ2v) is 5.61. The van der Waals surface area contributed by atoms with E-state index in [1.807, 2.05) is 18.2 Å². The van der Waals surface area contributed by atoms with Crippen LogP contribution in [0.3, 0.4) is 0 Å². The Bertz CT molecular complexity index is 613. The summed E-state index contributed by atoms with van der Waals surface area (Å²) < 4.78 is 0. The van der Waals surface area contributed by atoms with Gasteiger partial charge < -0.3 is 0 Å². The number of benzene rings is 1. The Hall–Kier alpha value is -1.70. The highest BCUT2D eigenvalue weighted by atomic mass is 16.1. The van der Waals surface area contributed by atoms with Gasteiger partial charge in [0.05, 0.1) is 5.52 Å². The van der Waals surface area contributed by atoms with Crippen molar-refractivity contribution in [1.29, 1.82) is 0 Å². The Balaban J connectivity index is 2.32. The average molecular weight is 225 g/mol. The molecule has 0 atom stereocenters. The zero-order valence-corrected chi connectivity index (χ0v) is 10.2. The number of carbonyl (C=O) groups is 1. The Labute approximate surface area is 101 Å². The van der Waals surface area contributed by atoms with Gasteiger partial charge >= 0.3 is 0 Å². The maximum absolute atomic E-state index is 12.1. The molecular formula is C15H15NO. The predicted octanol–water partition coefficient (Wildman–Crippen LogP) is 3.39. The van der Waals surface area contributed by atoms with Gasteiger partial charge in [-0.05, 0) is 23.5 Å². The van der Waals surface area contributed by atoms with Crippen molar-refractivity contribution in [3.05, 3.63) is 41.6 Å². The first-order valence-corrected chi connectivity index (χ1v) is 5.97. The molecule has 0 saturated heterocycles. The first-order valence-electron chi connectivity index (χ1n) is 5.97. The average Bonchev–Trinajstić information content (AvgIpc) is 2.27. The summed E-state index contributed by atoms with van der Waals surface area (Å²) >= 11 is 0. The maximum Gasteiger partial charge on any atom is 0.165 e. The number of hydrogen-bond donors (Lipinski definition) is 0. The highest BCUT2D eigenvalue weighted by molar-refractivity contribution is 6.03. The van der Waals surface area contributed by atoms with Gasteiger partial charge in [-0.3, -0.25) is 9.78 Å². The third-order valence-corrected chi connectivity index (χ3v) is 3.48. The molecule has 0 N–H and O–H groups in total. The number of carbonyl (C=O) groups excluding carboxylic acids is 1. The van der Waals surface area contributed by atoms with E-state index in [1.165, 1.54) is 5.56 Å². The summed E-state index contributed by atoms with van der Waals surface area (Å²) in [5, 5.41) is 1.13. The van der Waals surface area contributed by atoms with Crippen LogP contribution >= 0.6 is 0 Å². The fourth-order valence-electron chi connectivity index (χ4n) is 2.70. The lowest BCUT2D eigenvalue weighted by Gasteiger charge is -2.30. The van der Waals surface area contributed by atoms with Crippen LogP contribution in [-0.4, -0.2) is 10.8 Å². The summed E-state index contributed by atoms with van der Waals surface area (Å²) in [5.41, 5.74) is 3.05. The van der Waals surface area contributed by atoms with Gasteiger partial charge in [0.2, 0.25) is 0 Å². The van der Waals surface area contributed by atoms with Crippen molar-refractivity contribution in [3.63, 3.8) is 0 Å². The molecule has 2 aromatic rings. The van der Waals surface area contributed by atoms with Gasteiger partial charge in [-0.15, -0.1) is 0 Å². The molecule has 0 bridgehead atoms.